The van der Waals surface area contributed by atoms with E-state index < -0.39 is 15.7 Å². The third-order valence-electron chi connectivity index (χ3n) is 2.77. The largest absolute Gasteiger partial charge is 0.394 e. The van der Waals surface area contributed by atoms with Crippen molar-refractivity contribution >= 4 is 10.2 Å². The van der Waals surface area contributed by atoms with Gasteiger partial charge in [0.1, 0.15) is 0 Å². The Morgan fingerprint density at radius 3 is 2.32 bits per heavy atom. The lowest BCUT2D eigenvalue weighted by atomic mass is 9.94. The second kappa shape index (κ2) is 6.47. The molecule has 0 bridgehead atoms. The van der Waals surface area contributed by atoms with Gasteiger partial charge in [0.05, 0.1) is 12.1 Å². The van der Waals surface area contributed by atoms with Crippen LogP contribution in [0.4, 0.5) is 0 Å². The first kappa shape index (κ1) is 16.1. The Morgan fingerprint density at radius 2 is 1.84 bits per heavy atom. The van der Waals surface area contributed by atoms with Crippen LogP contribution in [0.25, 0.3) is 0 Å². The molecule has 0 saturated heterocycles. The zero-order valence-corrected chi connectivity index (χ0v) is 12.4. The van der Waals surface area contributed by atoms with Crippen molar-refractivity contribution in [3.8, 4) is 0 Å². The number of benzene rings is 1. The van der Waals surface area contributed by atoms with Crippen molar-refractivity contribution in [2.75, 3.05) is 13.2 Å². The van der Waals surface area contributed by atoms with Crippen LogP contribution in [0.5, 0.6) is 0 Å². The molecule has 108 valence electrons. The maximum atomic E-state index is 11.9. The highest BCUT2D eigenvalue weighted by Gasteiger charge is 2.30. The molecule has 0 radical (unpaired) electrons. The van der Waals surface area contributed by atoms with Gasteiger partial charge in [0, 0.05) is 6.54 Å². The van der Waals surface area contributed by atoms with Crippen LogP contribution in [-0.4, -0.2) is 26.7 Å². The zero-order valence-electron chi connectivity index (χ0n) is 11.6. The summed E-state index contributed by atoms with van der Waals surface area (Å²) in [6.45, 7) is 5.53. The highest BCUT2D eigenvalue weighted by Crippen LogP contribution is 2.20. The molecule has 0 aromatic heterocycles. The third kappa shape index (κ3) is 4.91. The topological polar surface area (TPSA) is 78.4 Å². The molecule has 6 heteroatoms. The number of rotatable bonds is 7. The minimum atomic E-state index is -3.65. The maximum absolute atomic E-state index is 11.9. The van der Waals surface area contributed by atoms with E-state index in [4.69, 9.17) is 0 Å². The summed E-state index contributed by atoms with van der Waals surface area (Å²) in [5.74, 6) is 0.216. The average Bonchev–Trinajstić information content (AvgIpc) is 2.37. The van der Waals surface area contributed by atoms with Crippen LogP contribution < -0.4 is 9.44 Å². The highest BCUT2D eigenvalue weighted by atomic mass is 32.2. The summed E-state index contributed by atoms with van der Waals surface area (Å²) in [4.78, 5) is 0. The number of hydrogen-bond donors (Lipinski definition) is 3. The maximum Gasteiger partial charge on any atom is 0.277 e. The summed E-state index contributed by atoms with van der Waals surface area (Å²) in [5.41, 5.74) is -0.322. The van der Waals surface area contributed by atoms with Crippen LogP contribution in [0, 0.1) is 5.92 Å². The minimum Gasteiger partial charge on any atom is -0.394 e. The molecule has 0 heterocycles. The Hall–Kier alpha value is -0.950. The number of aliphatic hydroxyl groups is 1. The molecule has 0 saturated carbocycles. The molecule has 0 spiro atoms. The molecular weight excluding hydrogens is 264 g/mol. The Kier molecular flexibility index (Phi) is 5.49. The van der Waals surface area contributed by atoms with Crippen molar-refractivity contribution in [1.29, 1.82) is 0 Å². The van der Waals surface area contributed by atoms with Gasteiger partial charge in [0.25, 0.3) is 10.2 Å². The van der Waals surface area contributed by atoms with E-state index in [1.54, 1.807) is 31.2 Å². The van der Waals surface area contributed by atoms with Crippen LogP contribution in [0.15, 0.2) is 30.3 Å². The molecule has 0 aliphatic rings. The lowest BCUT2D eigenvalue weighted by Gasteiger charge is -2.29. The smallest absolute Gasteiger partial charge is 0.277 e. The molecule has 0 fully saturated rings. The molecule has 19 heavy (non-hydrogen) atoms. The van der Waals surface area contributed by atoms with Crippen molar-refractivity contribution in [3.63, 3.8) is 0 Å². The van der Waals surface area contributed by atoms with Crippen molar-refractivity contribution in [1.82, 2.24) is 9.44 Å². The van der Waals surface area contributed by atoms with Crippen molar-refractivity contribution in [2.45, 2.75) is 26.3 Å². The third-order valence-corrected chi connectivity index (χ3v) is 4.03. The second-order valence-electron chi connectivity index (χ2n) is 5.20. The summed E-state index contributed by atoms with van der Waals surface area (Å²) in [6, 6.07) is 9.01. The lowest BCUT2D eigenvalue weighted by molar-refractivity contribution is 0.195. The normalized spacial score (nSPS) is 15.4. The first-order valence-electron chi connectivity index (χ1n) is 6.24. The van der Waals surface area contributed by atoms with E-state index in [1.807, 2.05) is 19.9 Å². The van der Waals surface area contributed by atoms with Gasteiger partial charge >= 0.3 is 0 Å². The van der Waals surface area contributed by atoms with Crippen LogP contribution in [0.2, 0.25) is 0 Å². The molecule has 1 atom stereocenters. The Balaban J connectivity index is 2.87. The fourth-order valence-corrected chi connectivity index (χ4v) is 3.00. The van der Waals surface area contributed by atoms with E-state index in [2.05, 4.69) is 9.44 Å². The van der Waals surface area contributed by atoms with Crippen LogP contribution in [-0.2, 0) is 15.7 Å². The van der Waals surface area contributed by atoms with Gasteiger partial charge in [-0.2, -0.15) is 13.1 Å². The fourth-order valence-electron chi connectivity index (χ4n) is 1.60. The van der Waals surface area contributed by atoms with Gasteiger partial charge in [-0.25, -0.2) is 4.72 Å². The molecule has 0 amide bonds. The predicted molar refractivity (Wildman–Crippen MR) is 75.8 cm³/mol. The van der Waals surface area contributed by atoms with Gasteiger partial charge < -0.3 is 5.11 Å². The van der Waals surface area contributed by atoms with Gasteiger partial charge in [-0.3, -0.25) is 0 Å². The van der Waals surface area contributed by atoms with E-state index in [0.717, 1.165) is 0 Å². The van der Waals surface area contributed by atoms with E-state index >= 15 is 0 Å². The van der Waals surface area contributed by atoms with Gasteiger partial charge in [-0.05, 0) is 18.4 Å². The van der Waals surface area contributed by atoms with Gasteiger partial charge in [-0.15, -0.1) is 0 Å². The number of aliphatic hydroxyl groups excluding tert-OH is 1. The number of hydrogen-bond acceptors (Lipinski definition) is 3. The molecule has 1 aromatic carbocycles. The van der Waals surface area contributed by atoms with Crippen molar-refractivity contribution in [2.24, 2.45) is 5.92 Å². The lowest BCUT2D eigenvalue weighted by Crippen LogP contribution is -2.51. The fraction of sp³-hybridized carbons (Fsp3) is 0.538. The summed E-state index contributed by atoms with van der Waals surface area (Å²) in [5, 5.41) is 9.52. The molecule has 5 nitrogen and oxygen atoms in total. The first-order chi connectivity index (χ1) is 8.79. The molecule has 3 N–H and O–H groups in total. The quantitative estimate of drug-likeness (QED) is 0.699. The predicted octanol–water partition coefficient (Wildman–Crippen LogP) is 0.974. The van der Waals surface area contributed by atoms with Crippen molar-refractivity contribution < 1.29 is 13.5 Å². The van der Waals surface area contributed by atoms with Gasteiger partial charge in [-0.1, -0.05) is 44.2 Å². The van der Waals surface area contributed by atoms with E-state index in [9.17, 15) is 13.5 Å². The van der Waals surface area contributed by atoms with Crippen LogP contribution >= 0.6 is 0 Å². The minimum absolute atomic E-state index is 0.216. The molecule has 1 unspecified atom stereocenters. The highest BCUT2D eigenvalue weighted by molar-refractivity contribution is 7.87. The summed E-state index contributed by atoms with van der Waals surface area (Å²) >= 11 is 0. The summed E-state index contributed by atoms with van der Waals surface area (Å²) in [6.07, 6.45) is 0. The monoisotopic (exact) mass is 286 g/mol. The van der Waals surface area contributed by atoms with E-state index in [1.165, 1.54) is 0 Å². The van der Waals surface area contributed by atoms with Crippen LogP contribution in [0.1, 0.15) is 26.3 Å². The SMILES string of the molecule is CC(C)CNS(=O)(=O)NC(C)(CO)c1ccccc1. The van der Waals surface area contributed by atoms with E-state index in [0.29, 0.717) is 12.1 Å². The Morgan fingerprint density at radius 1 is 1.26 bits per heavy atom. The zero-order chi connectivity index (χ0) is 14.5. The van der Waals surface area contributed by atoms with Crippen LogP contribution in [0.3, 0.4) is 0 Å². The molecule has 1 aromatic rings. The summed E-state index contributed by atoms with van der Waals surface area (Å²) in [7, 11) is -3.65. The van der Waals surface area contributed by atoms with E-state index in [-0.39, 0.29) is 12.5 Å². The number of nitrogens with one attached hydrogen (secondary N) is 2. The Labute approximate surface area is 115 Å². The van der Waals surface area contributed by atoms with Crippen molar-refractivity contribution in [3.05, 3.63) is 35.9 Å². The average molecular weight is 286 g/mol. The standard InChI is InChI=1S/C13H22N2O3S/c1-11(2)9-14-19(17,18)15-13(3,10-16)12-7-5-4-6-8-12/h4-8,11,14-16H,9-10H2,1-3H3. The molecular formula is C13H22N2O3S. The first-order valence-corrected chi connectivity index (χ1v) is 7.72. The van der Waals surface area contributed by atoms with Gasteiger partial charge in [0.2, 0.25) is 0 Å². The Bertz CT molecular complexity index is 488. The summed E-state index contributed by atoms with van der Waals surface area (Å²) < 4.78 is 28.9. The molecule has 0 aliphatic carbocycles. The second-order valence-corrected chi connectivity index (χ2v) is 6.70. The molecule has 0 aliphatic heterocycles. The van der Waals surface area contributed by atoms with Gasteiger partial charge in [0.15, 0.2) is 0 Å². The molecule has 1 rings (SSSR count).